The fourth-order valence-electron chi connectivity index (χ4n) is 2.46. The number of hydrogen-bond acceptors (Lipinski definition) is 2. The zero-order valence-electron chi connectivity index (χ0n) is 7.87. The Morgan fingerprint density at radius 3 is 2.25 bits per heavy atom. The van der Waals surface area contributed by atoms with Gasteiger partial charge in [-0.3, -0.25) is 4.90 Å². The van der Waals surface area contributed by atoms with Gasteiger partial charge >= 0.3 is 0 Å². The van der Waals surface area contributed by atoms with Gasteiger partial charge in [0, 0.05) is 12.1 Å². The van der Waals surface area contributed by atoms with Gasteiger partial charge in [-0.1, -0.05) is 6.92 Å². The van der Waals surface area contributed by atoms with Gasteiger partial charge in [-0.15, -0.1) is 0 Å². The molecule has 0 amide bonds. The molecule has 0 bridgehead atoms. The zero-order valence-corrected chi connectivity index (χ0v) is 7.87. The number of aliphatic hydroxyl groups is 1. The molecule has 0 saturated heterocycles. The average molecular weight is 169 g/mol. The van der Waals surface area contributed by atoms with E-state index in [9.17, 15) is 5.11 Å². The molecule has 2 unspecified atom stereocenters. The maximum Gasteiger partial charge on any atom is 0.0555 e. The summed E-state index contributed by atoms with van der Waals surface area (Å²) in [7, 11) is 0. The highest BCUT2D eigenvalue weighted by Crippen LogP contribution is 2.33. The third kappa shape index (κ3) is 1.64. The van der Waals surface area contributed by atoms with Crippen molar-refractivity contribution in [2.45, 2.75) is 57.2 Å². The van der Waals surface area contributed by atoms with Crippen molar-refractivity contribution in [3.8, 4) is 0 Å². The Hall–Kier alpha value is -0.0800. The van der Waals surface area contributed by atoms with Gasteiger partial charge < -0.3 is 5.11 Å². The van der Waals surface area contributed by atoms with E-state index in [-0.39, 0.29) is 6.10 Å². The van der Waals surface area contributed by atoms with Gasteiger partial charge in [-0.25, -0.2) is 0 Å². The van der Waals surface area contributed by atoms with Crippen LogP contribution in [0.1, 0.15) is 39.0 Å². The van der Waals surface area contributed by atoms with Gasteiger partial charge in [-0.2, -0.15) is 0 Å². The van der Waals surface area contributed by atoms with Crippen LogP contribution in [0.5, 0.6) is 0 Å². The van der Waals surface area contributed by atoms with E-state index in [4.69, 9.17) is 0 Å². The lowest BCUT2D eigenvalue weighted by Crippen LogP contribution is -2.35. The lowest BCUT2D eigenvalue weighted by atomic mass is 10.2. The molecular formula is C10H19NO. The van der Waals surface area contributed by atoms with Crippen molar-refractivity contribution in [1.29, 1.82) is 0 Å². The van der Waals surface area contributed by atoms with Gasteiger partial charge in [0.05, 0.1) is 6.10 Å². The highest BCUT2D eigenvalue weighted by atomic mass is 16.3. The molecule has 2 aliphatic carbocycles. The maximum absolute atomic E-state index is 9.42. The number of hydrogen-bond donors (Lipinski definition) is 1. The van der Waals surface area contributed by atoms with Crippen LogP contribution in [0.4, 0.5) is 0 Å². The number of rotatable bonds is 3. The van der Waals surface area contributed by atoms with Crippen molar-refractivity contribution in [3.63, 3.8) is 0 Å². The van der Waals surface area contributed by atoms with Crippen LogP contribution in [0.15, 0.2) is 0 Å². The van der Waals surface area contributed by atoms with Crippen LogP contribution in [-0.4, -0.2) is 34.7 Å². The molecule has 2 atom stereocenters. The Balaban J connectivity index is 1.88. The maximum atomic E-state index is 9.42. The van der Waals surface area contributed by atoms with Crippen molar-refractivity contribution < 1.29 is 5.11 Å². The molecule has 0 radical (unpaired) electrons. The zero-order chi connectivity index (χ0) is 8.55. The molecule has 2 nitrogen and oxygen atoms in total. The second-order valence-corrected chi connectivity index (χ2v) is 4.18. The highest BCUT2D eigenvalue weighted by Gasteiger charge is 2.35. The van der Waals surface area contributed by atoms with E-state index in [1.54, 1.807) is 0 Å². The van der Waals surface area contributed by atoms with Gasteiger partial charge in [0.2, 0.25) is 0 Å². The van der Waals surface area contributed by atoms with Crippen LogP contribution >= 0.6 is 0 Å². The fraction of sp³-hybridized carbons (Fsp3) is 1.00. The first-order valence-corrected chi connectivity index (χ1v) is 5.25. The molecule has 0 aromatic rings. The third-order valence-corrected chi connectivity index (χ3v) is 3.23. The van der Waals surface area contributed by atoms with Gasteiger partial charge in [0.25, 0.3) is 0 Å². The molecule has 2 aliphatic rings. The number of aliphatic hydroxyl groups excluding tert-OH is 1. The smallest absolute Gasteiger partial charge is 0.0555 e. The van der Waals surface area contributed by atoms with E-state index in [1.807, 2.05) is 0 Å². The Morgan fingerprint density at radius 2 is 1.83 bits per heavy atom. The summed E-state index contributed by atoms with van der Waals surface area (Å²) in [6.45, 7) is 3.41. The van der Waals surface area contributed by atoms with E-state index in [0.717, 1.165) is 18.9 Å². The Kier molecular flexibility index (Phi) is 2.37. The van der Waals surface area contributed by atoms with Crippen molar-refractivity contribution in [2.24, 2.45) is 0 Å². The number of nitrogens with zero attached hydrogens (tertiary/aromatic N) is 1. The monoisotopic (exact) mass is 169 g/mol. The summed E-state index contributed by atoms with van der Waals surface area (Å²) in [5.41, 5.74) is 0. The lowest BCUT2D eigenvalue weighted by Gasteiger charge is -2.27. The molecular weight excluding hydrogens is 150 g/mol. The van der Waals surface area contributed by atoms with Crippen LogP contribution in [-0.2, 0) is 0 Å². The minimum Gasteiger partial charge on any atom is -0.393 e. The lowest BCUT2D eigenvalue weighted by molar-refractivity contribution is 0.150. The second kappa shape index (κ2) is 3.35. The summed E-state index contributed by atoms with van der Waals surface area (Å²) >= 11 is 0. The molecule has 2 fully saturated rings. The topological polar surface area (TPSA) is 23.5 Å². The van der Waals surface area contributed by atoms with Crippen molar-refractivity contribution >= 4 is 0 Å². The largest absolute Gasteiger partial charge is 0.393 e. The summed E-state index contributed by atoms with van der Waals surface area (Å²) in [5, 5.41) is 9.42. The molecule has 1 N–H and O–H groups in total. The fourth-order valence-corrected chi connectivity index (χ4v) is 2.46. The van der Waals surface area contributed by atoms with Crippen LogP contribution in [0.3, 0.4) is 0 Å². The minimum atomic E-state index is -0.0113. The molecule has 70 valence electrons. The highest BCUT2D eigenvalue weighted by molar-refractivity contribution is 4.91. The van der Waals surface area contributed by atoms with Crippen LogP contribution in [0.25, 0.3) is 0 Å². The Labute approximate surface area is 74.6 Å². The van der Waals surface area contributed by atoms with E-state index in [2.05, 4.69) is 11.8 Å². The molecule has 12 heavy (non-hydrogen) atoms. The van der Waals surface area contributed by atoms with Crippen LogP contribution in [0, 0.1) is 0 Å². The van der Waals surface area contributed by atoms with E-state index in [0.29, 0.717) is 6.04 Å². The molecule has 0 aliphatic heterocycles. The molecule has 2 rings (SSSR count). The van der Waals surface area contributed by atoms with E-state index in [1.165, 1.54) is 25.8 Å². The van der Waals surface area contributed by atoms with Crippen molar-refractivity contribution in [3.05, 3.63) is 0 Å². The Bertz CT molecular complexity index is 156. The summed E-state index contributed by atoms with van der Waals surface area (Å²) in [6, 6.07) is 1.56. The quantitative estimate of drug-likeness (QED) is 0.690. The summed E-state index contributed by atoms with van der Waals surface area (Å²) in [5.74, 6) is 0. The van der Waals surface area contributed by atoms with Crippen molar-refractivity contribution in [2.75, 3.05) is 6.54 Å². The first-order chi connectivity index (χ1) is 5.81. The summed E-state index contributed by atoms with van der Waals surface area (Å²) in [6.07, 6.45) is 6.02. The van der Waals surface area contributed by atoms with Crippen LogP contribution < -0.4 is 0 Å². The minimum absolute atomic E-state index is 0.0113. The molecule has 0 aromatic heterocycles. The van der Waals surface area contributed by atoms with E-state index < -0.39 is 0 Å². The van der Waals surface area contributed by atoms with Gasteiger partial charge in [0.1, 0.15) is 0 Å². The SMILES string of the molecule is CCN(C1CC1)C1CCC(O)C1. The second-order valence-electron chi connectivity index (χ2n) is 4.18. The van der Waals surface area contributed by atoms with Crippen molar-refractivity contribution in [1.82, 2.24) is 4.90 Å². The van der Waals surface area contributed by atoms with Gasteiger partial charge in [0.15, 0.2) is 0 Å². The first kappa shape index (κ1) is 8.52. The van der Waals surface area contributed by atoms with E-state index >= 15 is 0 Å². The molecule has 2 heteroatoms. The normalized spacial score (nSPS) is 36.2. The standard InChI is InChI=1S/C10H19NO/c1-2-11(8-3-4-8)9-5-6-10(12)7-9/h8-10,12H,2-7H2,1H3. The Morgan fingerprint density at radius 1 is 1.17 bits per heavy atom. The van der Waals surface area contributed by atoms with Crippen LogP contribution in [0.2, 0.25) is 0 Å². The molecule has 2 saturated carbocycles. The predicted molar refractivity (Wildman–Crippen MR) is 49.0 cm³/mol. The summed E-state index contributed by atoms with van der Waals surface area (Å²) in [4.78, 5) is 2.59. The van der Waals surface area contributed by atoms with Gasteiger partial charge in [-0.05, 0) is 38.6 Å². The first-order valence-electron chi connectivity index (χ1n) is 5.25. The molecule has 0 aromatic carbocycles. The summed E-state index contributed by atoms with van der Waals surface area (Å²) < 4.78 is 0. The molecule has 0 spiro atoms. The predicted octanol–water partition coefficient (Wildman–Crippen LogP) is 1.38. The third-order valence-electron chi connectivity index (χ3n) is 3.23. The average Bonchev–Trinajstić information content (AvgIpc) is 2.78. The molecule has 0 heterocycles.